The topological polar surface area (TPSA) is 71.1 Å². The molecule has 0 aliphatic carbocycles. The summed E-state index contributed by atoms with van der Waals surface area (Å²) < 4.78 is 10.7. The third-order valence-corrected chi connectivity index (χ3v) is 6.72. The molecule has 0 aromatic heterocycles. The molecule has 0 bridgehead atoms. The monoisotopic (exact) mass is 458 g/mol. The van der Waals surface area contributed by atoms with Gasteiger partial charge < -0.3 is 9.47 Å². The molecule has 4 unspecified atom stereocenters. The van der Waals surface area contributed by atoms with E-state index >= 15 is 0 Å². The molecule has 0 saturated heterocycles. The van der Waals surface area contributed by atoms with Gasteiger partial charge in [0.05, 0.1) is 0 Å². The summed E-state index contributed by atoms with van der Waals surface area (Å²) in [6.07, 6.45) is 4.34. The maximum absolute atomic E-state index is 12.0. The molecule has 0 aromatic carbocycles. The van der Waals surface area contributed by atoms with Crippen LogP contribution in [0.25, 0.3) is 0 Å². The fourth-order valence-electron chi connectivity index (χ4n) is 4.35. The van der Waals surface area contributed by atoms with Crippen molar-refractivity contribution in [2.45, 2.75) is 133 Å². The molecule has 4 atom stereocenters. The molecule has 6 nitrogen and oxygen atoms in total. The number of hydrogen-bond donors (Lipinski definition) is 0. The molecule has 190 valence electrons. The van der Waals surface area contributed by atoms with E-state index in [4.69, 9.17) is 9.47 Å². The van der Waals surface area contributed by atoms with Crippen molar-refractivity contribution in [2.24, 2.45) is 22.7 Å². The third-order valence-electron chi connectivity index (χ3n) is 6.72. The van der Waals surface area contributed by atoms with Crippen LogP contribution in [0.5, 0.6) is 0 Å². The highest BCUT2D eigenvalue weighted by Crippen LogP contribution is 2.34. The lowest BCUT2D eigenvalue weighted by molar-refractivity contribution is -0.225. The summed E-state index contributed by atoms with van der Waals surface area (Å²) in [5, 5.41) is 0. The Kier molecular flexibility index (Phi) is 14.0. The zero-order valence-corrected chi connectivity index (χ0v) is 22.4. The average Bonchev–Trinajstić information content (AvgIpc) is 2.69. The minimum atomic E-state index is -1.01. The lowest BCUT2D eigenvalue weighted by Crippen LogP contribution is -2.26. The quantitative estimate of drug-likeness (QED) is 0.166. The molecule has 0 rings (SSSR count). The van der Waals surface area contributed by atoms with Gasteiger partial charge in [-0.1, -0.05) is 82.1 Å². The van der Waals surface area contributed by atoms with Crippen LogP contribution in [-0.2, 0) is 19.2 Å². The molecular formula is C26H50O6. The van der Waals surface area contributed by atoms with Gasteiger partial charge in [0.15, 0.2) is 0 Å². The number of hydrogen-bond acceptors (Lipinski definition) is 6. The molecule has 6 heteroatoms. The normalized spacial score (nSPS) is 15.9. The number of carbonyl (C=O) groups is 2. The van der Waals surface area contributed by atoms with E-state index in [1.807, 2.05) is 13.8 Å². The summed E-state index contributed by atoms with van der Waals surface area (Å²) in [5.74, 6) is 1.08. The third kappa shape index (κ3) is 12.5. The molecule has 0 N–H and O–H groups in total. The van der Waals surface area contributed by atoms with Crippen molar-refractivity contribution >= 4 is 12.3 Å². The van der Waals surface area contributed by atoms with Crippen molar-refractivity contribution in [3.63, 3.8) is 0 Å². The minimum absolute atomic E-state index is 0.209. The van der Waals surface area contributed by atoms with Crippen molar-refractivity contribution in [1.29, 1.82) is 0 Å². The smallest absolute Gasteiger partial charge is 0.428 e. The molecule has 0 aliphatic rings. The van der Waals surface area contributed by atoms with Gasteiger partial charge in [-0.05, 0) is 61.2 Å². The second-order valence-electron chi connectivity index (χ2n) is 11.1. The van der Waals surface area contributed by atoms with E-state index in [1.54, 1.807) is 0 Å². The largest absolute Gasteiger partial charge is 0.550 e. The molecule has 0 radical (unpaired) electrons. The summed E-state index contributed by atoms with van der Waals surface area (Å²) in [7, 11) is 0. The van der Waals surface area contributed by atoms with Crippen LogP contribution >= 0.6 is 0 Å². The van der Waals surface area contributed by atoms with Crippen molar-refractivity contribution in [3.8, 4) is 0 Å². The van der Waals surface area contributed by atoms with Gasteiger partial charge in [-0.3, -0.25) is 0 Å². The Bertz CT molecular complexity index is 483. The molecule has 0 aliphatic heterocycles. The van der Waals surface area contributed by atoms with E-state index in [0.29, 0.717) is 24.7 Å². The minimum Gasteiger partial charge on any atom is -0.428 e. The second-order valence-corrected chi connectivity index (χ2v) is 11.1. The van der Waals surface area contributed by atoms with E-state index < -0.39 is 12.3 Å². The first-order valence-electron chi connectivity index (χ1n) is 12.5. The van der Waals surface area contributed by atoms with E-state index in [9.17, 15) is 9.59 Å². The van der Waals surface area contributed by atoms with Gasteiger partial charge in [0.2, 0.25) is 0 Å². The SMILES string of the molecule is CCC(CCC(CC)C(C)(C)C)OC(=O)OOC(=O)OC(CC)CCC(CC)C(C)(C)C. The van der Waals surface area contributed by atoms with Crippen LogP contribution in [0.3, 0.4) is 0 Å². The molecule has 0 saturated carbocycles. The molecule has 0 aromatic rings. The first-order chi connectivity index (χ1) is 14.8. The zero-order chi connectivity index (χ0) is 24.9. The van der Waals surface area contributed by atoms with Gasteiger partial charge in [0.25, 0.3) is 0 Å². The van der Waals surface area contributed by atoms with Crippen LogP contribution in [0.15, 0.2) is 0 Å². The van der Waals surface area contributed by atoms with E-state index in [1.165, 1.54) is 0 Å². The molecular weight excluding hydrogens is 408 g/mol. The van der Waals surface area contributed by atoms with Crippen LogP contribution in [0.1, 0.15) is 121 Å². The lowest BCUT2D eigenvalue weighted by Gasteiger charge is -2.31. The van der Waals surface area contributed by atoms with Crippen LogP contribution in [0, 0.1) is 22.7 Å². The van der Waals surface area contributed by atoms with Crippen LogP contribution < -0.4 is 0 Å². The predicted molar refractivity (Wildman–Crippen MR) is 128 cm³/mol. The molecule has 0 spiro atoms. The van der Waals surface area contributed by atoms with Gasteiger partial charge >= 0.3 is 12.3 Å². The molecule has 0 fully saturated rings. The highest BCUT2D eigenvalue weighted by molar-refractivity contribution is 5.63. The average molecular weight is 459 g/mol. The van der Waals surface area contributed by atoms with Crippen LogP contribution in [0.4, 0.5) is 9.59 Å². The maximum atomic E-state index is 12.0. The summed E-state index contributed by atoms with van der Waals surface area (Å²) in [6, 6.07) is 0. The summed E-state index contributed by atoms with van der Waals surface area (Å²) >= 11 is 0. The summed E-state index contributed by atoms with van der Waals surface area (Å²) in [4.78, 5) is 33.0. The fraction of sp³-hybridized carbons (Fsp3) is 0.923. The van der Waals surface area contributed by atoms with E-state index in [-0.39, 0.29) is 23.0 Å². The number of ether oxygens (including phenoxy) is 2. The van der Waals surface area contributed by atoms with Gasteiger partial charge in [0.1, 0.15) is 12.2 Å². The van der Waals surface area contributed by atoms with E-state index in [2.05, 4.69) is 65.2 Å². The first kappa shape index (κ1) is 30.5. The Hall–Kier alpha value is -1.46. The van der Waals surface area contributed by atoms with Crippen molar-refractivity contribution in [1.82, 2.24) is 0 Å². The predicted octanol–water partition coefficient (Wildman–Crippen LogP) is 8.47. The Morgan fingerprint density at radius 3 is 1.09 bits per heavy atom. The van der Waals surface area contributed by atoms with Crippen molar-refractivity contribution < 1.29 is 28.8 Å². The first-order valence-corrected chi connectivity index (χ1v) is 12.5. The Morgan fingerprint density at radius 2 is 0.875 bits per heavy atom. The van der Waals surface area contributed by atoms with Crippen molar-refractivity contribution in [2.75, 3.05) is 0 Å². The zero-order valence-electron chi connectivity index (χ0n) is 22.4. The van der Waals surface area contributed by atoms with Gasteiger partial charge in [-0.2, -0.15) is 19.4 Å². The number of rotatable bonds is 12. The van der Waals surface area contributed by atoms with Gasteiger partial charge in [-0.15, -0.1) is 0 Å². The van der Waals surface area contributed by atoms with Crippen LogP contribution in [0.2, 0.25) is 0 Å². The van der Waals surface area contributed by atoms with Crippen molar-refractivity contribution in [3.05, 3.63) is 0 Å². The van der Waals surface area contributed by atoms with E-state index in [0.717, 1.165) is 38.5 Å². The summed E-state index contributed by atoms with van der Waals surface area (Å²) in [5.41, 5.74) is 0.417. The number of carbonyl (C=O) groups excluding carboxylic acids is 2. The Labute approximate surface area is 197 Å². The van der Waals surface area contributed by atoms with Gasteiger partial charge in [0, 0.05) is 0 Å². The Balaban J connectivity index is 4.45. The molecule has 0 amide bonds. The van der Waals surface area contributed by atoms with Gasteiger partial charge in [-0.25, -0.2) is 0 Å². The fourth-order valence-corrected chi connectivity index (χ4v) is 4.35. The van der Waals surface area contributed by atoms with Crippen LogP contribution in [-0.4, -0.2) is 24.5 Å². The standard InChI is InChI=1S/C26H50O6/c1-11-19(25(5,6)7)15-17-21(13-3)29-23(27)31-32-24(28)30-22(14-4)18-16-20(12-2)26(8,9)10/h19-22H,11-18H2,1-10H3. The Morgan fingerprint density at radius 1 is 0.562 bits per heavy atom. The highest BCUT2D eigenvalue weighted by atomic mass is 17.3. The molecule has 0 heterocycles. The molecule has 32 heavy (non-hydrogen) atoms. The second kappa shape index (κ2) is 14.6. The highest BCUT2D eigenvalue weighted by Gasteiger charge is 2.27. The lowest BCUT2D eigenvalue weighted by atomic mass is 9.76. The maximum Gasteiger partial charge on any atom is 0.550 e. The summed E-state index contributed by atoms with van der Waals surface area (Å²) in [6.45, 7) is 21.6.